The Balaban J connectivity index is 2.01. The average molecular weight is 272 g/mol. The van der Waals surface area contributed by atoms with Gasteiger partial charge in [0.25, 0.3) is 0 Å². The topological polar surface area (TPSA) is 18.5 Å². The molecule has 0 N–H and O–H groups in total. The summed E-state index contributed by atoms with van der Waals surface area (Å²) in [6.45, 7) is 2.07. The molecule has 1 saturated heterocycles. The summed E-state index contributed by atoms with van der Waals surface area (Å²) in [5.41, 5.74) is 0. The van der Waals surface area contributed by atoms with Crippen molar-refractivity contribution < 1.29 is 9.47 Å². The fourth-order valence-corrected chi connectivity index (χ4v) is 2.86. The summed E-state index contributed by atoms with van der Waals surface area (Å²) in [5, 5.41) is 0. The molecule has 0 unspecified atom stereocenters. The van der Waals surface area contributed by atoms with Crippen LogP contribution >= 0.6 is 31.9 Å². The van der Waals surface area contributed by atoms with Crippen molar-refractivity contribution >= 4 is 31.9 Å². The van der Waals surface area contributed by atoms with Crippen LogP contribution in [-0.4, -0.2) is 23.2 Å². The maximum atomic E-state index is 5.20. The molecular weight excluding hydrogens is 264 g/mol. The largest absolute Gasteiger partial charge is 0.355 e. The highest BCUT2D eigenvalue weighted by atomic mass is 79.9. The van der Waals surface area contributed by atoms with E-state index in [4.69, 9.17) is 9.47 Å². The van der Waals surface area contributed by atoms with E-state index < -0.39 is 0 Å². The molecule has 0 amide bonds. The highest BCUT2D eigenvalue weighted by Crippen LogP contribution is 2.62. The second kappa shape index (κ2) is 2.44. The third kappa shape index (κ3) is 1.05. The van der Waals surface area contributed by atoms with Crippen LogP contribution in [0, 0.1) is 11.8 Å². The Morgan fingerprint density at radius 1 is 1.10 bits per heavy atom. The number of rotatable bonds is 0. The number of ether oxygens (including phenoxy) is 2. The molecule has 1 aliphatic heterocycles. The number of hydrogen-bond donors (Lipinski definition) is 0. The van der Waals surface area contributed by atoms with Gasteiger partial charge in [-0.2, -0.15) is 0 Å². The van der Waals surface area contributed by atoms with Gasteiger partial charge in [-0.15, -0.1) is 0 Å². The summed E-state index contributed by atoms with van der Waals surface area (Å²) in [7, 11) is 0. The van der Waals surface area contributed by atoms with E-state index in [2.05, 4.69) is 31.9 Å². The van der Waals surface area contributed by atoms with Gasteiger partial charge in [0.15, 0.2) is 0 Å². The molecule has 2 aliphatic rings. The third-order valence-electron chi connectivity index (χ3n) is 2.13. The van der Waals surface area contributed by atoms with Gasteiger partial charge in [0.1, 0.15) is 6.79 Å². The lowest BCUT2D eigenvalue weighted by molar-refractivity contribution is -0.0420. The van der Waals surface area contributed by atoms with Crippen molar-refractivity contribution in [1.29, 1.82) is 0 Å². The molecule has 58 valence electrons. The highest BCUT2D eigenvalue weighted by molar-refractivity contribution is 9.25. The van der Waals surface area contributed by atoms with E-state index in [1.165, 1.54) is 0 Å². The van der Waals surface area contributed by atoms with Gasteiger partial charge in [-0.05, 0) is 0 Å². The highest BCUT2D eigenvalue weighted by Gasteiger charge is 2.62. The molecule has 0 aromatic carbocycles. The van der Waals surface area contributed by atoms with Crippen molar-refractivity contribution in [2.45, 2.75) is 3.23 Å². The molecule has 4 heteroatoms. The third-order valence-corrected chi connectivity index (χ3v) is 4.48. The molecule has 0 spiro atoms. The fraction of sp³-hybridized carbons (Fsp3) is 1.00. The smallest absolute Gasteiger partial charge is 0.146 e. The lowest BCUT2D eigenvalue weighted by Crippen LogP contribution is -2.05. The minimum Gasteiger partial charge on any atom is -0.355 e. The minimum absolute atomic E-state index is 0.112. The van der Waals surface area contributed by atoms with Crippen molar-refractivity contribution in [3.63, 3.8) is 0 Å². The van der Waals surface area contributed by atoms with Crippen molar-refractivity contribution in [2.24, 2.45) is 11.8 Å². The summed E-state index contributed by atoms with van der Waals surface area (Å²) in [6, 6.07) is 0. The van der Waals surface area contributed by atoms with Crippen LogP contribution in [0.4, 0.5) is 0 Å². The number of hydrogen-bond acceptors (Lipinski definition) is 2. The van der Waals surface area contributed by atoms with Crippen molar-refractivity contribution in [3.8, 4) is 0 Å². The second-order valence-corrected chi connectivity index (χ2v) is 6.44. The monoisotopic (exact) mass is 270 g/mol. The van der Waals surface area contributed by atoms with Crippen molar-refractivity contribution in [3.05, 3.63) is 0 Å². The molecule has 1 saturated carbocycles. The lowest BCUT2D eigenvalue weighted by Gasteiger charge is -2.04. The van der Waals surface area contributed by atoms with Crippen molar-refractivity contribution in [1.82, 2.24) is 0 Å². The average Bonchev–Trinajstić information content (AvgIpc) is 2.47. The van der Waals surface area contributed by atoms with E-state index in [-0.39, 0.29) is 3.23 Å². The standard InChI is InChI=1S/C6H8Br2O2/c7-6(8)4-1-9-3-10-2-5(4)6/h4-5H,1-3H2/t4-,5+. The summed E-state index contributed by atoms with van der Waals surface area (Å²) in [5.74, 6) is 1.19. The fourth-order valence-electron chi connectivity index (χ4n) is 1.32. The Kier molecular flexibility index (Phi) is 1.83. The van der Waals surface area contributed by atoms with Gasteiger partial charge in [0, 0.05) is 11.8 Å². The Bertz CT molecular complexity index is 135. The zero-order valence-corrected chi connectivity index (χ0v) is 8.52. The zero-order valence-electron chi connectivity index (χ0n) is 5.35. The molecular formula is C6H8Br2O2. The molecule has 2 atom stereocenters. The van der Waals surface area contributed by atoms with Gasteiger partial charge in [-0.1, -0.05) is 31.9 Å². The van der Waals surface area contributed by atoms with E-state index in [9.17, 15) is 0 Å². The lowest BCUT2D eigenvalue weighted by atomic mass is 10.3. The van der Waals surface area contributed by atoms with Crippen LogP contribution in [0.15, 0.2) is 0 Å². The van der Waals surface area contributed by atoms with Gasteiger partial charge in [0.2, 0.25) is 0 Å². The molecule has 0 bridgehead atoms. The van der Waals surface area contributed by atoms with Crippen LogP contribution < -0.4 is 0 Å². The first kappa shape index (κ1) is 7.53. The summed E-state index contributed by atoms with van der Waals surface area (Å²) < 4.78 is 10.5. The van der Waals surface area contributed by atoms with Crippen LogP contribution in [0.2, 0.25) is 0 Å². The van der Waals surface area contributed by atoms with Crippen LogP contribution in [0.1, 0.15) is 0 Å². The number of alkyl halides is 2. The summed E-state index contributed by atoms with van der Waals surface area (Å²) >= 11 is 7.14. The maximum Gasteiger partial charge on any atom is 0.146 e. The predicted molar refractivity (Wildman–Crippen MR) is 44.3 cm³/mol. The minimum atomic E-state index is 0.112. The maximum absolute atomic E-state index is 5.20. The molecule has 1 aliphatic carbocycles. The Labute approximate surface area is 76.5 Å². The normalized spacial score (nSPS) is 43.8. The number of halogens is 2. The number of fused-ring (bicyclic) bond motifs is 1. The first-order chi connectivity index (χ1) is 4.73. The van der Waals surface area contributed by atoms with Gasteiger partial charge in [-0.25, -0.2) is 0 Å². The zero-order chi connectivity index (χ0) is 7.19. The van der Waals surface area contributed by atoms with Gasteiger partial charge in [-0.3, -0.25) is 0 Å². The van der Waals surface area contributed by atoms with Crippen LogP contribution in [0.3, 0.4) is 0 Å². The molecule has 0 aromatic rings. The second-order valence-electron chi connectivity index (χ2n) is 2.75. The Hall–Kier alpha value is 0.880. The van der Waals surface area contributed by atoms with Gasteiger partial charge >= 0.3 is 0 Å². The van der Waals surface area contributed by atoms with Crippen LogP contribution in [0.25, 0.3) is 0 Å². The first-order valence-electron chi connectivity index (χ1n) is 3.26. The van der Waals surface area contributed by atoms with E-state index in [1.54, 1.807) is 0 Å². The van der Waals surface area contributed by atoms with E-state index >= 15 is 0 Å². The first-order valence-corrected chi connectivity index (χ1v) is 4.85. The van der Waals surface area contributed by atoms with E-state index in [0.29, 0.717) is 18.6 Å². The molecule has 0 aromatic heterocycles. The van der Waals surface area contributed by atoms with E-state index in [1.807, 2.05) is 0 Å². The van der Waals surface area contributed by atoms with Crippen LogP contribution in [0.5, 0.6) is 0 Å². The molecule has 2 nitrogen and oxygen atoms in total. The van der Waals surface area contributed by atoms with E-state index in [0.717, 1.165) is 13.2 Å². The van der Waals surface area contributed by atoms with Crippen LogP contribution in [-0.2, 0) is 9.47 Å². The predicted octanol–water partition coefficient (Wildman–Crippen LogP) is 1.72. The SMILES string of the molecule is BrC1(Br)[C@@H]2COCOC[C@@H]21. The molecule has 2 fully saturated rings. The Morgan fingerprint density at radius 3 is 2.10 bits per heavy atom. The molecule has 10 heavy (non-hydrogen) atoms. The summed E-state index contributed by atoms with van der Waals surface area (Å²) in [6.07, 6.45) is 0. The Morgan fingerprint density at radius 2 is 1.60 bits per heavy atom. The molecule has 1 heterocycles. The molecule has 0 radical (unpaired) electrons. The van der Waals surface area contributed by atoms with Gasteiger partial charge in [0.05, 0.1) is 16.4 Å². The quantitative estimate of drug-likeness (QED) is 0.625. The van der Waals surface area contributed by atoms with Crippen molar-refractivity contribution in [2.75, 3.05) is 20.0 Å². The molecule has 2 rings (SSSR count). The summed E-state index contributed by atoms with van der Waals surface area (Å²) in [4.78, 5) is 0. The van der Waals surface area contributed by atoms with Gasteiger partial charge < -0.3 is 9.47 Å².